The molecule has 0 aliphatic heterocycles. The Labute approximate surface area is 116 Å². The molecule has 0 bridgehead atoms. The molecule has 1 rings (SSSR count). The van der Waals surface area contributed by atoms with Gasteiger partial charge in [-0.1, -0.05) is 22.9 Å². The number of methoxy groups -OCH3 is 2. The molecule has 5 heteroatoms. The largest absolute Gasteiger partial charge is 0.497 e. The molecule has 100 valence electrons. The van der Waals surface area contributed by atoms with Crippen LogP contribution in [0.2, 0.25) is 0 Å². The molecular weight excluding hydrogens is 298 g/mol. The first-order chi connectivity index (χ1) is 8.62. The number of alkyl halides is 1. The molecule has 0 radical (unpaired) electrons. The van der Waals surface area contributed by atoms with E-state index in [4.69, 9.17) is 9.47 Å². The Morgan fingerprint density at radius 2 is 2.11 bits per heavy atom. The molecule has 4 nitrogen and oxygen atoms in total. The molecule has 0 aliphatic carbocycles. The SMILES string of the molecule is CCC(Br)CNC(=O)c1ccc(OC)cc1OC. The number of hydrogen-bond donors (Lipinski definition) is 1. The van der Waals surface area contributed by atoms with E-state index in [9.17, 15) is 4.79 Å². The molecule has 1 aromatic rings. The Bertz CT molecular complexity index is 409. The molecule has 0 heterocycles. The predicted molar refractivity (Wildman–Crippen MR) is 74.9 cm³/mol. The summed E-state index contributed by atoms with van der Waals surface area (Å²) in [5.41, 5.74) is 0.508. The van der Waals surface area contributed by atoms with Gasteiger partial charge in [0.2, 0.25) is 0 Å². The zero-order valence-electron chi connectivity index (χ0n) is 10.8. The summed E-state index contributed by atoms with van der Waals surface area (Å²) < 4.78 is 10.3. The third kappa shape index (κ3) is 3.91. The van der Waals surface area contributed by atoms with Crippen molar-refractivity contribution in [1.29, 1.82) is 0 Å². The zero-order chi connectivity index (χ0) is 13.5. The number of ether oxygens (including phenoxy) is 2. The van der Waals surface area contributed by atoms with Crippen LogP contribution in [0, 0.1) is 0 Å². The van der Waals surface area contributed by atoms with Crippen LogP contribution >= 0.6 is 15.9 Å². The summed E-state index contributed by atoms with van der Waals surface area (Å²) in [4.78, 5) is 12.3. The second-order valence-electron chi connectivity index (χ2n) is 3.78. The van der Waals surface area contributed by atoms with Crippen LogP contribution in [0.3, 0.4) is 0 Å². The summed E-state index contributed by atoms with van der Waals surface area (Å²) in [6.45, 7) is 2.64. The van der Waals surface area contributed by atoms with Crippen molar-refractivity contribution in [2.45, 2.75) is 18.2 Å². The van der Waals surface area contributed by atoms with Crippen molar-refractivity contribution in [1.82, 2.24) is 5.32 Å². The Kier molecular flexibility index (Phi) is 5.98. The van der Waals surface area contributed by atoms with Gasteiger partial charge in [0.25, 0.3) is 5.91 Å². The van der Waals surface area contributed by atoms with Gasteiger partial charge in [0.15, 0.2) is 0 Å². The zero-order valence-corrected chi connectivity index (χ0v) is 12.4. The molecule has 0 saturated carbocycles. The fourth-order valence-electron chi connectivity index (χ4n) is 1.43. The first-order valence-corrected chi connectivity index (χ1v) is 6.68. The molecule has 0 fully saturated rings. The van der Waals surface area contributed by atoms with Crippen LogP contribution < -0.4 is 14.8 Å². The van der Waals surface area contributed by atoms with Crippen LogP contribution in [0.15, 0.2) is 18.2 Å². The lowest BCUT2D eigenvalue weighted by atomic mass is 10.1. The Morgan fingerprint density at radius 1 is 1.39 bits per heavy atom. The predicted octanol–water partition coefficient (Wildman–Crippen LogP) is 2.61. The monoisotopic (exact) mass is 315 g/mol. The van der Waals surface area contributed by atoms with Gasteiger partial charge in [-0.25, -0.2) is 0 Å². The molecule has 1 N–H and O–H groups in total. The number of halogens is 1. The van der Waals surface area contributed by atoms with Gasteiger partial charge in [0, 0.05) is 17.4 Å². The molecular formula is C13H18BrNO3. The van der Waals surface area contributed by atoms with Crippen LogP contribution in [0.5, 0.6) is 11.5 Å². The van der Waals surface area contributed by atoms with Crippen LogP contribution in [-0.4, -0.2) is 31.5 Å². The molecule has 1 unspecified atom stereocenters. The van der Waals surface area contributed by atoms with E-state index in [1.807, 2.05) is 0 Å². The van der Waals surface area contributed by atoms with E-state index in [1.165, 1.54) is 7.11 Å². The molecule has 1 aromatic carbocycles. The molecule has 18 heavy (non-hydrogen) atoms. The molecule has 0 aliphatic rings. The topological polar surface area (TPSA) is 47.6 Å². The third-order valence-electron chi connectivity index (χ3n) is 2.58. The number of rotatable bonds is 6. The van der Waals surface area contributed by atoms with Crippen molar-refractivity contribution < 1.29 is 14.3 Å². The van der Waals surface area contributed by atoms with Gasteiger partial charge < -0.3 is 14.8 Å². The standard InChI is InChI=1S/C13H18BrNO3/c1-4-9(14)8-15-13(16)11-6-5-10(17-2)7-12(11)18-3/h5-7,9H,4,8H2,1-3H3,(H,15,16). The highest BCUT2D eigenvalue weighted by Crippen LogP contribution is 2.24. The Morgan fingerprint density at radius 3 is 2.67 bits per heavy atom. The van der Waals surface area contributed by atoms with E-state index in [2.05, 4.69) is 28.2 Å². The fraction of sp³-hybridized carbons (Fsp3) is 0.462. The summed E-state index contributed by atoms with van der Waals surface area (Å²) in [5.74, 6) is 1.03. The first-order valence-electron chi connectivity index (χ1n) is 5.76. The van der Waals surface area contributed by atoms with Crippen LogP contribution in [0.4, 0.5) is 0 Å². The van der Waals surface area contributed by atoms with Gasteiger partial charge in [0.1, 0.15) is 11.5 Å². The van der Waals surface area contributed by atoms with E-state index in [0.29, 0.717) is 23.6 Å². The highest BCUT2D eigenvalue weighted by Gasteiger charge is 2.13. The minimum absolute atomic E-state index is 0.146. The Hall–Kier alpha value is -1.23. The van der Waals surface area contributed by atoms with Crippen LogP contribution in [0.25, 0.3) is 0 Å². The van der Waals surface area contributed by atoms with Crippen molar-refractivity contribution in [2.75, 3.05) is 20.8 Å². The van der Waals surface area contributed by atoms with Gasteiger partial charge in [-0.2, -0.15) is 0 Å². The van der Waals surface area contributed by atoms with Crippen molar-refractivity contribution in [3.63, 3.8) is 0 Å². The number of amides is 1. The second kappa shape index (κ2) is 7.26. The number of carbonyl (C=O) groups is 1. The van der Waals surface area contributed by atoms with Gasteiger partial charge in [-0.15, -0.1) is 0 Å². The van der Waals surface area contributed by atoms with E-state index in [1.54, 1.807) is 25.3 Å². The number of benzene rings is 1. The molecule has 1 amide bonds. The third-order valence-corrected chi connectivity index (χ3v) is 3.55. The van der Waals surface area contributed by atoms with Crippen LogP contribution in [-0.2, 0) is 0 Å². The van der Waals surface area contributed by atoms with Crippen molar-refractivity contribution in [3.05, 3.63) is 23.8 Å². The van der Waals surface area contributed by atoms with Crippen LogP contribution in [0.1, 0.15) is 23.7 Å². The average Bonchev–Trinajstić information content (AvgIpc) is 2.43. The highest BCUT2D eigenvalue weighted by molar-refractivity contribution is 9.09. The summed E-state index contributed by atoms with van der Waals surface area (Å²) >= 11 is 3.47. The lowest BCUT2D eigenvalue weighted by molar-refractivity contribution is 0.0951. The normalized spacial score (nSPS) is 11.8. The quantitative estimate of drug-likeness (QED) is 0.821. The maximum atomic E-state index is 12.0. The van der Waals surface area contributed by atoms with Crippen molar-refractivity contribution in [2.24, 2.45) is 0 Å². The lowest BCUT2D eigenvalue weighted by Gasteiger charge is -2.12. The minimum Gasteiger partial charge on any atom is -0.497 e. The summed E-state index contributed by atoms with van der Waals surface area (Å²) in [7, 11) is 3.11. The van der Waals surface area contributed by atoms with Gasteiger partial charge in [-0.3, -0.25) is 4.79 Å². The maximum Gasteiger partial charge on any atom is 0.255 e. The number of nitrogens with one attached hydrogen (secondary N) is 1. The Balaban J connectivity index is 2.78. The fourth-order valence-corrected chi connectivity index (χ4v) is 1.59. The van der Waals surface area contributed by atoms with Gasteiger partial charge in [-0.05, 0) is 18.6 Å². The summed E-state index contributed by atoms with van der Waals surface area (Å²) in [6.07, 6.45) is 0.958. The highest BCUT2D eigenvalue weighted by atomic mass is 79.9. The average molecular weight is 316 g/mol. The smallest absolute Gasteiger partial charge is 0.255 e. The summed E-state index contributed by atoms with van der Waals surface area (Å²) in [6, 6.07) is 5.13. The van der Waals surface area contributed by atoms with E-state index in [-0.39, 0.29) is 10.7 Å². The van der Waals surface area contributed by atoms with Gasteiger partial charge >= 0.3 is 0 Å². The van der Waals surface area contributed by atoms with Crippen molar-refractivity contribution in [3.8, 4) is 11.5 Å². The van der Waals surface area contributed by atoms with E-state index >= 15 is 0 Å². The van der Waals surface area contributed by atoms with Gasteiger partial charge in [0.05, 0.1) is 19.8 Å². The van der Waals surface area contributed by atoms with Crippen molar-refractivity contribution >= 4 is 21.8 Å². The van der Waals surface area contributed by atoms with E-state index < -0.39 is 0 Å². The minimum atomic E-state index is -0.146. The summed E-state index contributed by atoms with van der Waals surface area (Å²) in [5, 5.41) is 2.86. The molecule has 0 aromatic heterocycles. The second-order valence-corrected chi connectivity index (χ2v) is 5.08. The molecule has 0 spiro atoms. The molecule has 0 saturated heterocycles. The lowest BCUT2D eigenvalue weighted by Crippen LogP contribution is -2.29. The maximum absolute atomic E-state index is 12.0. The number of carbonyl (C=O) groups excluding carboxylic acids is 1. The first kappa shape index (κ1) is 14.8. The molecule has 1 atom stereocenters. The number of hydrogen-bond acceptors (Lipinski definition) is 3. The van der Waals surface area contributed by atoms with E-state index in [0.717, 1.165) is 6.42 Å².